The highest BCUT2D eigenvalue weighted by molar-refractivity contribution is 5.52. The quantitative estimate of drug-likeness (QED) is 0.914. The Bertz CT molecular complexity index is 503. The van der Waals surface area contributed by atoms with E-state index >= 15 is 0 Å². The minimum absolute atomic E-state index is 0.319. The maximum absolute atomic E-state index is 5.78. The number of imidazole rings is 1. The Kier molecular flexibility index (Phi) is 3.79. The van der Waals surface area contributed by atoms with E-state index in [1.807, 2.05) is 42.7 Å². The molecule has 100 valence electrons. The largest absolute Gasteiger partial charge is 0.376 e. The third kappa shape index (κ3) is 3.15. The molecule has 4 heteroatoms. The van der Waals surface area contributed by atoms with Gasteiger partial charge in [-0.15, -0.1) is 0 Å². The smallest absolute Gasteiger partial charge is 0.207 e. The van der Waals surface area contributed by atoms with Crippen LogP contribution in [0, 0.1) is 0 Å². The number of nitrogens with one attached hydrogen (secondary N) is 1. The number of hydrogen-bond donors (Lipinski definition) is 1. The molecular formula is C15H19N3O. The first kappa shape index (κ1) is 12.2. The maximum Gasteiger partial charge on any atom is 0.207 e. The summed E-state index contributed by atoms with van der Waals surface area (Å²) in [5.41, 5.74) is 1.06. The molecule has 0 amide bonds. The number of benzene rings is 1. The maximum atomic E-state index is 5.78. The van der Waals surface area contributed by atoms with Crippen LogP contribution in [0.5, 0.6) is 0 Å². The monoisotopic (exact) mass is 257 g/mol. The Morgan fingerprint density at radius 2 is 2.16 bits per heavy atom. The summed E-state index contributed by atoms with van der Waals surface area (Å²) in [7, 11) is 0. The SMILES string of the molecule is c1ccc(Nc2nccn2CC2CCCCO2)cc1. The van der Waals surface area contributed by atoms with Crippen molar-refractivity contribution >= 4 is 11.6 Å². The first-order valence-corrected chi connectivity index (χ1v) is 6.86. The fraction of sp³-hybridized carbons (Fsp3) is 0.400. The molecule has 4 nitrogen and oxygen atoms in total. The van der Waals surface area contributed by atoms with Crippen molar-refractivity contribution in [2.24, 2.45) is 0 Å². The summed E-state index contributed by atoms with van der Waals surface area (Å²) < 4.78 is 7.91. The third-order valence-corrected chi connectivity index (χ3v) is 3.42. The summed E-state index contributed by atoms with van der Waals surface area (Å²) in [5.74, 6) is 0.875. The van der Waals surface area contributed by atoms with Gasteiger partial charge in [-0.05, 0) is 31.4 Å². The van der Waals surface area contributed by atoms with Gasteiger partial charge in [-0.25, -0.2) is 4.98 Å². The molecular weight excluding hydrogens is 238 g/mol. The van der Waals surface area contributed by atoms with E-state index < -0.39 is 0 Å². The average molecular weight is 257 g/mol. The number of aromatic nitrogens is 2. The lowest BCUT2D eigenvalue weighted by Crippen LogP contribution is -2.24. The number of para-hydroxylation sites is 1. The minimum Gasteiger partial charge on any atom is -0.376 e. The summed E-state index contributed by atoms with van der Waals surface area (Å²) in [5, 5.41) is 3.34. The fourth-order valence-electron chi connectivity index (χ4n) is 2.40. The van der Waals surface area contributed by atoms with Crippen LogP contribution in [0.3, 0.4) is 0 Å². The minimum atomic E-state index is 0.319. The Labute approximate surface area is 113 Å². The second kappa shape index (κ2) is 5.89. The number of rotatable bonds is 4. The second-order valence-electron chi connectivity index (χ2n) is 4.88. The molecule has 1 aromatic heterocycles. The van der Waals surface area contributed by atoms with Crippen molar-refractivity contribution in [3.05, 3.63) is 42.7 Å². The van der Waals surface area contributed by atoms with Crippen LogP contribution in [0.15, 0.2) is 42.7 Å². The summed E-state index contributed by atoms with van der Waals surface area (Å²) in [6.07, 6.45) is 7.75. The molecule has 1 N–H and O–H groups in total. The Morgan fingerprint density at radius 1 is 1.26 bits per heavy atom. The van der Waals surface area contributed by atoms with Crippen molar-refractivity contribution in [2.75, 3.05) is 11.9 Å². The standard InChI is InChI=1S/C15H19N3O/c1-2-6-13(7-3-1)17-15-16-9-10-18(15)12-14-8-4-5-11-19-14/h1-3,6-7,9-10,14H,4-5,8,11-12H2,(H,16,17). The molecule has 3 rings (SSSR count). The lowest BCUT2D eigenvalue weighted by molar-refractivity contribution is 0.00631. The van der Waals surface area contributed by atoms with Gasteiger partial charge in [-0.1, -0.05) is 18.2 Å². The van der Waals surface area contributed by atoms with Crippen molar-refractivity contribution < 1.29 is 4.74 Å². The normalized spacial score (nSPS) is 19.3. The molecule has 0 aliphatic carbocycles. The predicted octanol–water partition coefficient (Wildman–Crippen LogP) is 3.20. The van der Waals surface area contributed by atoms with Crippen LogP contribution in [0.25, 0.3) is 0 Å². The number of anilines is 2. The average Bonchev–Trinajstić information content (AvgIpc) is 2.88. The number of nitrogens with zero attached hydrogens (tertiary/aromatic N) is 2. The van der Waals surface area contributed by atoms with Gasteiger partial charge >= 0.3 is 0 Å². The number of ether oxygens (including phenoxy) is 1. The second-order valence-corrected chi connectivity index (χ2v) is 4.88. The molecule has 1 saturated heterocycles. The van der Waals surface area contributed by atoms with Crippen molar-refractivity contribution in [3.8, 4) is 0 Å². The van der Waals surface area contributed by atoms with E-state index in [0.29, 0.717) is 6.10 Å². The van der Waals surface area contributed by atoms with E-state index in [1.54, 1.807) is 0 Å². The van der Waals surface area contributed by atoms with E-state index in [4.69, 9.17) is 4.74 Å². The Balaban J connectivity index is 1.68. The summed E-state index contributed by atoms with van der Waals surface area (Å²) in [4.78, 5) is 4.37. The van der Waals surface area contributed by atoms with Gasteiger partial charge in [0.25, 0.3) is 0 Å². The topological polar surface area (TPSA) is 39.1 Å². The van der Waals surface area contributed by atoms with E-state index in [1.165, 1.54) is 12.8 Å². The zero-order valence-electron chi connectivity index (χ0n) is 11.0. The predicted molar refractivity (Wildman–Crippen MR) is 75.5 cm³/mol. The lowest BCUT2D eigenvalue weighted by atomic mass is 10.1. The van der Waals surface area contributed by atoms with Crippen LogP contribution in [-0.4, -0.2) is 22.3 Å². The Morgan fingerprint density at radius 3 is 2.95 bits per heavy atom. The van der Waals surface area contributed by atoms with Crippen molar-refractivity contribution in [3.63, 3.8) is 0 Å². The van der Waals surface area contributed by atoms with Gasteiger partial charge < -0.3 is 14.6 Å². The van der Waals surface area contributed by atoms with Gasteiger partial charge in [0.15, 0.2) is 0 Å². The summed E-state index contributed by atoms with van der Waals surface area (Å²) >= 11 is 0. The van der Waals surface area contributed by atoms with E-state index in [9.17, 15) is 0 Å². The Hall–Kier alpha value is -1.81. The van der Waals surface area contributed by atoms with Gasteiger partial charge in [0.2, 0.25) is 5.95 Å². The first-order chi connectivity index (χ1) is 9.42. The molecule has 1 aliphatic heterocycles. The van der Waals surface area contributed by atoms with Gasteiger partial charge in [0, 0.05) is 24.7 Å². The summed E-state index contributed by atoms with van der Waals surface area (Å²) in [6.45, 7) is 1.76. The van der Waals surface area contributed by atoms with Crippen LogP contribution < -0.4 is 5.32 Å². The van der Waals surface area contributed by atoms with Crippen molar-refractivity contribution in [1.82, 2.24) is 9.55 Å². The third-order valence-electron chi connectivity index (χ3n) is 3.42. The molecule has 0 bridgehead atoms. The van der Waals surface area contributed by atoms with Crippen molar-refractivity contribution in [2.45, 2.75) is 31.9 Å². The lowest BCUT2D eigenvalue weighted by Gasteiger charge is -2.23. The van der Waals surface area contributed by atoms with E-state index in [0.717, 1.165) is 31.2 Å². The van der Waals surface area contributed by atoms with Crippen LogP contribution in [0.2, 0.25) is 0 Å². The van der Waals surface area contributed by atoms with Gasteiger partial charge in [-0.2, -0.15) is 0 Å². The molecule has 0 saturated carbocycles. The molecule has 1 unspecified atom stereocenters. The van der Waals surface area contributed by atoms with Gasteiger partial charge in [0.1, 0.15) is 0 Å². The zero-order valence-corrected chi connectivity index (χ0v) is 11.0. The van der Waals surface area contributed by atoms with Crippen LogP contribution in [0.1, 0.15) is 19.3 Å². The van der Waals surface area contributed by atoms with Crippen LogP contribution in [-0.2, 0) is 11.3 Å². The number of hydrogen-bond acceptors (Lipinski definition) is 3. The highest BCUT2D eigenvalue weighted by Gasteiger charge is 2.15. The van der Waals surface area contributed by atoms with E-state index in [2.05, 4.69) is 14.9 Å². The molecule has 0 radical (unpaired) electrons. The fourth-order valence-corrected chi connectivity index (χ4v) is 2.40. The molecule has 19 heavy (non-hydrogen) atoms. The summed E-state index contributed by atoms with van der Waals surface area (Å²) in [6, 6.07) is 10.1. The van der Waals surface area contributed by atoms with Gasteiger partial charge in [-0.3, -0.25) is 0 Å². The highest BCUT2D eigenvalue weighted by Crippen LogP contribution is 2.18. The molecule has 1 atom stereocenters. The van der Waals surface area contributed by atoms with Crippen molar-refractivity contribution in [1.29, 1.82) is 0 Å². The first-order valence-electron chi connectivity index (χ1n) is 6.86. The van der Waals surface area contributed by atoms with Crippen LogP contribution >= 0.6 is 0 Å². The molecule has 2 aromatic rings. The molecule has 2 heterocycles. The van der Waals surface area contributed by atoms with E-state index in [-0.39, 0.29) is 0 Å². The van der Waals surface area contributed by atoms with Gasteiger partial charge in [0.05, 0.1) is 12.6 Å². The molecule has 1 aliphatic rings. The van der Waals surface area contributed by atoms with Crippen LogP contribution in [0.4, 0.5) is 11.6 Å². The molecule has 1 fully saturated rings. The molecule has 0 spiro atoms. The molecule has 1 aromatic carbocycles. The zero-order chi connectivity index (χ0) is 12.9. The highest BCUT2D eigenvalue weighted by atomic mass is 16.5.